The van der Waals surface area contributed by atoms with Gasteiger partial charge in [0.1, 0.15) is 11.5 Å². The highest BCUT2D eigenvalue weighted by Gasteiger charge is 2.29. The largest absolute Gasteiger partial charge is 0.448 e. The number of aliphatic hydroxyl groups excluding tert-OH is 1. The van der Waals surface area contributed by atoms with Crippen LogP contribution in [-0.4, -0.2) is 10.1 Å². The normalized spacial score (nSPS) is 28.2. The minimum Gasteiger partial charge on any atom is -0.448 e. The molecule has 1 saturated carbocycles. The Balaban J connectivity index is 2.23. The van der Waals surface area contributed by atoms with E-state index in [2.05, 4.69) is 11.9 Å². The molecule has 1 fully saturated rings. The van der Waals surface area contributed by atoms with Crippen molar-refractivity contribution in [2.24, 2.45) is 5.92 Å². The molecule has 0 amide bonds. The second-order valence-electron chi connectivity index (χ2n) is 3.84. The first-order valence-corrected chi connectivity index (χ1v) is 4.86. The number of hydrogen-bond acceptors (Lipinski definition) is 3. The molecule has 1 aromatic rings. The smallest absolute Gasteiger partial charge is 0.181 e. The van der Waals surface area contributed by atoms with Crippen LogP contribution >= 0.6 is 0 Å². The van der Waals surface area contributed by atoms with Gasteiger partial charge in [-0.1, -0.05) is 13.3 Å². The summed E-state index contributed by atoms with van der Waals surface area (Å²) in [5, 5.41) is 9.03. The highest BCUT2D eigenvalue weighted by atomic mass is 16.3. The molecule has 1 N–H and O–H groups in total. The lowest BCUT2D eigenvalue weighted by Gasteiger charge is -2.12. The Morgan fingerprint density at radius 2 is 2.46 bits per heavy atom. The Morgan fingerprint density at radius 1 is 1.62 bits per heavy atom. The molecular formula is C10H15NO2. The number of aromatic nitrogens is 1. The van der Waals surface area contributed by atoms with Crippen LogP contribution in [0.25, 0.3) is 0 Å². The fraction of sp³-hybridized carbons (Fsp3) is 0.700. The summed E-state index contributed by atoms with van der Waals surface area (Å²) in [5.74, 6) is 2.05. The molecule has 1 aliphatic rings. The van der Waals surface area contributed by atoms with Gasteiger partial charge in [0.2, 0.25) is 0 Å². The van der Waals surface area contributed by atoms with E-state index in [1.165, 1.54) is 25.7 Å². The van der Waals surface area contributed by atoms with Gasteiger partial charge in [0, 0.05) is 5.92 Å². The van der Waals surface area contributed by atoms with Crippen molar-refractivity contribution in [3.63, 3.8) is 0 Å². The van der Waals surface area contributed by atoms with Crippen molar-refractivity contribution in [2.75, 3.05) is 0 Å². The maximum atomic E-state index is 9.03. The van der Waals surface area contributed by atoms with Crippen LogP contribution in [0.2, 0.25) is 0 Å². The third kappa shape index (κ3) is 1.48. The summed E-state index contributed by atoms with van der Waals surface area (Å²) in [4.78, 5) is 4.00. The summed E-state index contributed by atoms with van der Waals surface area (Å²) in [5.41, 5.74) is 0.721. The standard InChI is InChI=1S/C10H15NO2/c1-7-3-2-4-8(7)10-9(5-12)11-6-13-10/h6-8,12H,2-5H2,1H3. The van der Waals surface area contributed by atoms with Crippen molar-refractivity contribution >= 4 is 0 Å². The summed E-state index contributed by atoms with van der Waals surface area (Å²) in [6.07, 6.45) is 5.13. The molecule has 2 rings (SSSR count). The zero-order chi connectivity index (χ0) is 9.26. The lowest BCUT2D eigenvalue weighted by atomic mass is 9.94. The predicted molar refractivity (Wildman–Crippen MR) is 48.2 cm³/mol. The summed E-state index contributed by atoms with van der Waals surface area (Å²) >= 11 is 0. The van der Waals surface area contributed by atoms with Gasteiger partial charge in [-0.2, -0.15) is 0 Å². The van der Waals surface area contributed by atoms with E-state index >= 15 is 0 Å². The number of rotatable bonds is 2. The van der Waals surface area contributed by atoms with Crippen LogP contribution < -0.4 is 0 Å². The van der Waals surface area contributed by atoms with E-state index in [0.717, 1.165) is 11.5 Å². The van der Waals surface area contributed by atoms with Crippen LogP contribution in [0, 0.1) is 5.92 Å². The quantitative estimate of drug-likeness (QED) is 0.759. The lowest BCUT2D eigenvalue weighted by Crippen LogP contribution is -2.04. The van der Waals surface area contributed by atoms with Crippen LogP contribution in [0.1, 0.15) is 43.6 Å². The zero-order valence-electron chi connectivity index (χ0n) is 7.86. The van der Waals surface area contributed by atoms with Gasteiger partial charge in [0.05, 0.1) is 6.61 Å². The van der Waals surface area contributed by atoms with Gasteiger partial charge in [-0.05, 0) is 18.8 Å². The van der Waals surface area contributed by atoms with Crippen molar-refractivity contribution in [1.82, 2.24) is 4.98 Å². The summed E-state index contributed by atoms with van der Waals surface area (Å²) < 4.78 is 5.34. The highest BCUT2D eigenvalue weighted by Crippen LogP contribution is 2.40. The van der Waals surface area contributed by atoms with Gasteiger partial charge in [-0.3, -0.25) is 0 Å². The Kier molecular flexibility index (Phi) is 2.36. The molecule has 2 unspecified atom stereocenters. The molecule has 0 aliphatic heterocycles. The van der Waals surface area contributed by atoms with Gasteiger partial charge in [0.25, 0.3) is 0 Å². The third-order valence-corrected chi connectivity index (χ3v) is 3.02. The molecule has 0 radical (unpaired) electrons. The fourth-order valence-electron chi connectivity index (χ4n) is 2.23. The lowest BCUT2D eigenvalue weighted by molar-refractivity contribution is 0.271. The van der Waals surface area contributed by atoms with Gasteiger partial charge in [0.15, 0.2) is 6.39 Å². The topological polar surface area (TPSA) is 46.3 Å². The maximum absolute atomic E-state index is 9.03. The molecule has 1 heterocycles. The predicted octanol–water partition coefficient (Wildman–Crippen LogP) is 2.07. The van der Waals surface area contributed by atoms with Crippen molar-refractivity contribution in [3.05, 3.63) is 17.8 Å². The maximum Gasteiger partial charge on any atom is 0.181 e. The van der Waals surface area contributed by atoms with Crippen molar-refractivity contribution in [1.29, 1.82) is 0 Å². The van der Waals surface area contributed by atoms with E-state index in [4.69, 9.17) is 9.52 Å². The molecule has 0 saturated heterocycles. The van der Waals surface area contributed by atoms with Crippen molar-refractivity contribution in [2.45, 2.75) is 38.7 Å². The first kappa shape index (κ1) is 8.75. The van der Waals surface area contributed by atoms with Crippen molar-refractivity contribution < 1.29 is 9.52 Å². The molecular weight excluding hydrogens is 166 g/mol. The second-order valence-corrected chi connectivity index (χ2v) is 3.84. The molecule has 0 bridgehead atoms. The van der Waals surface area contributed by atoms with Crippen LogP contribution in [0.5, 0.6) is 0 Å². The molecule has 13 heavy (non-hydrogen) atoms. The van der Waals surface area contributed by atoms with Crippen LogP contribution in [-0.2, 0) is 6.61 Å². The van der Waals surface area contributed by atoms with Crippen LogP contribution in [0.15, 0.2) is 10.8 Å². The van der Waals surface area contributed by atoms with Gasteiger partial charge in [-0.15, -0.1) is 0 Å². The average Bonchev–Trinajstić information content (AvgIpc) is 2.71. The first-order valence-electron chi connectivity index (χ1n) is 4.86. The molecule has 3 heteroatoms. The second kappa shape index (κ2) is 3.50. The monoisotopic (exact) mass is 181 g/mol. The van der Waals surface area contributed by atoms with Gasteiger partial charge >= 0.3 is 0 Å². The van der Waals surface area contributed by atoms with Crippen molar-refractivity contribution in [3.8, 4) is 0 Å². The Labute approximate surface area is 77.8 Å². The first-order chi connectivity index (χ1) is 6.33. The molecule has 2 atom stereocenters. The zero-order valence-corrected chi connectivity index (χ0v) is 7.86. The van der Waals surface area contributed by atoms with E-state index in [0.29, 0.717) is 11.8 Å². The van der Waals surface area contributed by atoms with E-state index in [1.807, 2.05) is 0 Å². The summed E-state index contributed by atoms with van der Waals surface area (Å²) in [6, 6.07) is 0. The third-order valence-electron chi connectivity index (χ3n) is 3.02. The van der Waals surface area contributed by atoms with E-state index < -0.39 is 0 Å². The SMILES string of the molecule is CC1CCCC1c1ocnc1CO. The van der Waals surface area contributed by atoms with E-state index in [9.17, 15) is 0 Å². The molecule has 3 nitrogen and oxygen atoms in total. The minimum atomic E-state index is -0.00491. The Morgan fingerprint density at radius 3 is 3.08 bits per heavy atom. The van der Waals surface area contributed by atoms with Crippen LogP contribution in [0.3, 0.4) is 0 Å². The Bertz CT molecular complexity index is 282. The minimum absolute atomic E-state index is 0.00491. The molecule has 72 valence electrons. The number of oxazole rings is 1. The number of hydrogen-bond donors (Lipinski definition) is 1. The number of nitrogens with zero attached hydrogens (tertiary/aromatic N) is 1. The molecule has 1 aromatic heterocycles. The highest BCUT2D eigenvalue weighted by molar-refractivity contribution is 5.14. The van der Waals surface area contributed by atoms with Gasteiger partial charge < -0.3 is 9.52 Å². The Hall–Kier alpha value is -0.830. The average molecular weight is 181 g/mol. The van der Waals surface area contributed by atoms with Crippen LogP contribution in [0.4, 0.5) is 0 Å². The van der Waals surface area contributed by atoms with E-state index in [1.54, 1.807) is 0 Å². The number of aliphatic hydroxyl groups is 1. The fourth-order valence-corrected chi connectivity index (χ4v) is 2.23. The summed E-state index contributed by atoms with van der Waals surface area (Å²) in [6.45, 7) is 2.23. The van der Waals surface area contributed by atoms with E-state index in [-0.39, 0.29) is 6.61 Å². The molecule has 1 aliphatic carbocycles. The van der Waals surface area contributed by atoms with Gasteiger partial charge in [-0.25, -0.2) is 4.98 Å². The molecule has 0 spiro atoms. The molecule has 0 aromatic carbocycles. The summed E-state index contributed by atoms with van der Waals surface area (Å²) in [7, 11) is 0.